The van der Waals surface area contributed by atoms with Gasteiger partial charge < -0.3 is 16.1 Å². The smallest absolute Gasteiger partial charge is 0.380 e. The first-order valence-corrected chi connectivity index (χ1v) is 14.3. The van der Waals surface area contributed by atoms with E-state index < -0.39 is 23.7 Å². The van der Waals surface area contributed by atoms with Gasteiger partial charge in [0.05, 0.1) is 33.5 Å². The number of nitrogens with one attached hydrogen (secondary N) is 4. The minimum atomic E-state index is -4.43. The molecular weight excluding hydrogens is 572 g/mol. The van der Waals surface area contributed by atoms with Gasteiger partial charge >= 0.3 is 6.18 Å². The summed E-state index contributed by atoms with van der Waals surface area (Å²) < 4.78 is 55.5. The number of rotatable bonds is 7. The number of benzene rings is 1. The predicted octanol–water partition coefficient (Wildman–Crippen LogP) is 6.23. The fourth-order valence-electron chi connectivity index (χ4n) is 6.61. The first kappa shape index (κ1) is 27.0. The van der Waals surface area contributed by atoms with Crippen molar-refractivity contribution in [1.82, 2.24) is 25.9 Å². The molecule has 42 heavy (non-hydrogen) atoms. The Kier molecular flexibility index (Phi) is 6.18. The molecule has 0 saturated heterocycles. The number of hydrogen-bond donors (Lipinski definition) is 4. The number of halogens is 5. The van der Waals surface area contributed by atoms with Crippen LogP contribution >= 0.6 is 11.6 Å². The summed E-state index contributed by atoms with van der Waals surface area (Å²) in [5.41, 5.74) is 6.97. The maximum Gasteiger partial charge on any atom is 0.413 e. The van der Waals surface area contributed by atoms with Crippen LogP contribution in [0.1, 0.15) is 55.0 Å². The van der Waals surface area contributed by atoms with Gasteiger partial charge in [0.2, 0.25) is 5.95 Å². The van der Waals surface area contributed by atoms with E-state index in [-0.39, 0.29) is 12.8 Å². The van der Waals surface area contributed by atoms with E-state index in [2.05, 4.69) is 37.6 Å². The van der Waals surface area contributed by atoms with Gasteiger partial charge in [-0.15, -0.1) is 5.53 Å². The standard InChI is InChI=1S/C29H27ClF4N8/c1-14-17(5-6-23(31)37-14)27(22-13-42(41-40-22)28(7-8-28)29(32,33)34)38-16-9-20-24(39-25-18-3-2-4-19(18)25)15(11-35)12-36-26(20)21(30)10-16/h5-6,9-10,12-13,18-19,25,27,38,40-41H,2-4,7-8H2,1H3,(H,36,39)/t18-,19+,25?,27-/m0/s1. The lowest BCUT2D eigenvalue weighted by Crippen LogP contribution is -2.52. The normalized spacial score (nSPS) is 24.5. The predicted molar refractivity (Wildman–Crippen MR) is 149 cm³/mol. The van der Waals surface area contributed by atoms with Crippen LogP contribution in [-0.2, 0) is 0 Å². The van der Waals surface area contributed by atoms with Crippen molar-refractivity contribution in [3.8, 4) is 6.07 Å². The molecule has 4 N–H and O–H groups in total. The molecule has 0 radical (unpaired) electrons. The van der Waals surface area contributed by atoms with Crippen LogP contribution in [0.4, 0.5) is 28.9 Å². The van der Waals surface area contributed by atoms with Gasteiger partial charge in [0.15, 0.2) is 5.54 Å². The average molecular weight is 599 g/mol. The summed E-state index contributed by atoms with van der Waals surface area (Å²) in [6.45, 7) is 1.64. The topological polar surface area (TPSA) is 101 Å². The van der Waals surface area contributed by atoms with E-state index in [9.17, 15) is 22.8 Å². The van der Waals surface area contributed by atoms with Crippen molar-refractivity contribution in [3.05, 3.63) is 70.2 Å². The molecule has 2 aromatic heterocycles. The maximum atomic E-state index is 13.9. The van der Waals surface area contributed by atoms with E-state index in [4.69, 9.17) is 11.6 Å². The van der Waals surface area contributed by atoms with Gasteiger partial charge in [-0.1, -0.05) is 24.1 Å². The number of fused-ring (bicyclic) bond motifs is 2. The summed E-state index contributed by atoms with van der Waals surface area (Å²) in [5, 5.41) is 18.9. The number of aryl methyl sites for hydroxylation is 1. The molecule has 8 nitrogen and oxygen atoms in total. The third-order valence-corrected chi connectivity index (χ3v) is 9.38. The monoisotopic (exact) mass is 598 g/mol. The van der Waals surface area contributed by atoms with E-state index in [1.165, 1.54) is 24.9 Å². The third-order valence-electron chi connectivity index (χ3n) is 9.09. The highest BCUT2D eigenvalue weighted by molar-refractivity contribution is 6.35. The van der Waals surface area contributed by atoms with Crippen molar-refractivity contribution in [1.29, 1.82) is 5.26 Å². The zero-order valence-corrected chi connectivity index (χ0v) is 23.2. The first-order valence-electron chi connectivity index (χ1n) is 13.9. The Labute approximate surface area is 244 Å². The van der Waals surface area contributed by atoms with Gasteiger partial charge in [0, 0.05) is 40.8 Å². The second kappa shape index (κ2) is 9.61. The SMILES string of the molecule is Cc1nc(F)ccc1[C@H](Nc1cc(Cl)c2ncc(C#N)c(NC3[C@H]4CCC[C@@H]34)c2c1)C1=CN(C2(C(F)(F)F)CC2)NN1. The second-order valence-corrected chi connectivity index (χ2v) is 12.0. The van der Waals surface area contributed by atoms with E-state index in [1.807, 2.05) is 6.07 Å². The molecule has 3 fully saturated rings. The maximum absolute atomic E-state index is 13.9. The molecule has 1 unspecified atom stereocenters. The summed E-state index contributed by atoms with van der Waals surface area (Å²) >= 11 is 6.71. The van der Waals surface area contributed by atoms with Gasteiger partial charge in [-0.3, -0.25) is 9.99 Å². The Morgan fingerprint density at radius 2 is 1.98 bits per heavy atom. The molecule has 218 valence electrons. The van der Waals surface area contributed by atoms with Gasteiger partial charge in [-0.2, -0.15) is 22.8 Å². The number of hydrogen-bond acceptors (Lipinski definition) is 8. The molecule has 4 atom stereocenters. The van der Waals surface area contributed by atoms with E-state index >= 15 is 0 Å². The number of alkyl halides is 3. The summed E-state index contributed by atoms with van der Waals surface area (Å²) in [4.78, 5) is 8.38. The van der Waals surface area contributed by atoms with E-state index in [1.54, 1.807) is 19.1 Å². The van der Waals surface area contributed by atoms with Crippen molar-refractivity contribution in [3.63, 3.8) is 0 Å². The summed E-state index contributed by atoms with van der Waals surface area (Å²) in [7, 11) is 0. The molecule has 13 heteroatoms. The lowest BCUT2D eigenvalue weighted by Gasteiger charge is -2.28. The van der Waals surface area contributed by atoms with Gasteiger partial charge in [0.25, 0.3) is 0 Å². The minimum absolute atomic E-state index is 0.0306. The van der Waals surface area contributed by atoms with Crippen molar-refractivity contribution >= 4 is 33.9 Å². The Morgan fingerprint density at radius 3 is 2.64 bits per heavy atom. The molecule has 3 saturated carbocycles. The average Bonchev–Trinajstić information content (AvgIpc) is 3.73. The lowest BCUT2D eigenvalue weighted by molar-refractivity contribution is -0.195. The molecule has 0 spiro atoms. The van der Waals surface area contributed by atoms with Crippen LogP contribution in [0.2, 0.25) is 5.02 Å². The van der Waals surface area contributed by atoms with Crippen molar-refractivity contribution < 1.29 is 17.6 Å². The van der Waals surface area contributed by atoms with Crippen LogP contribution in [-0.4, -0.2) is 32.7 Å². The Hall–Kier alpha value is -3.82. The fraction of sp³-hybridized carbons (Fsp3) is 0.414. The number of aromatic nitrogens is 2. The highest BCUT2D eigenvalue weighted by atomic mass is 35.5. The minimum Gasteiger partial charge on any atom is -0.380 e. The third kappa shape index (κ3) is 4.37. The van der Waals surface area contributed by atoms with Crippen molar-refractivity contribution in [2.24, 2.45) is 11.8 Å². The highest BCUT2D eigenvalue weighted by Gasteiger charge is 2.67. The van der Waals surface area contributed by atoms with E-state index in [0.717, 1.165) is 17.9 Å². The zero-order valence-electron chi connectivity index (χ0n) is 22.5. The summed E-state index contributed by atoms with van der Waals surface area (Å²) in [6.07, 6.45) is 1.96. The Bertz CT molecular complexity index is 1650. The van der Waals surface area contributed by atoms with Gasteiger partial charge in [-0.05, 0) is 62.6 Å². The van der Waals surface area contributed by atoms with Gasteiger partial charge in [-0.25, -0.2) is 4.98 Å². The molecular formula is C29H27ClF4N8. The summed E-state index contributed by atoms with van der Waals surface area (Å²) in [6, 6.07) is 8.03. The van der Waals surface area contributed by atoms with Crippen LogP contribution in [0.5, 0.6) is 0 Å². The van der Waals surface area contributed by atoms with Crippen LogP contribution in [0, 0.1) is 36.0 Å². The highest BCUT2D eigenvalue weighted by Crippen LogP contribution is 2.55. The number of anilines is 2. The second-order valence-electron chi connectivity index (χ2n) is 11.5. The zero-order chi connectivity index (χ0) is 29.4. The van der Waals surface area contributed by atoms with Crippen LogP contribution < -0.4 is 21.6 Å². The first-order chi connectivity index (χ1) is 20.1. The fourth-order valence-corrected chi connectivity index (χ4v) is 6.87. The van der Waals surface area contributed by atoms with Crippen LogP contribution in [0.3, 0.4) is 0 Å². The lowest BCUT2D eigenvalue weighted by atomic mass is 10.0. The van der Waals surface area contributed by atoms with E-state index in [0.29, 0.717) is 67.7 Å². The molecule has 3 aliphatic carbocycles. The quantitative estimate of drug-likeness (QED) is 0.188. The van der Waals surface area contributed by atoms with Crippen molar-refractivity contribution in [2.75, 3.05) is 10.6 Å². The molecule has 3 aromatic rings. The van der Waals surface area contributed by atoms with Crippen molar-refractivity contribution in [2.45, 2.75) is 62.8 Å². The number of nitrogens with zero attached hydrogens (tertiary/aromatic N) is 4. The number of hydrazine groups is 2. The molecule has 0 amide bonds. The molecule has 1 aromatic carbocycles. The Balaban J connectivity index is 1.28. The Morgan fingerprint density at radius 1 is 1.21 bits per heavy atom. The molecule has 7 rings (SSSR count). The molecule has 4 aliphatic rings. The summed E-state index contributed by atoms with van der Waals surface area (Å²) in [5.74, 6) is 0.524. The van der Waals surface area contributed by atoms with Crippen LogP contribution in [0.15, 0.2) is 42.4 Å². The molecule has 3 heterocycles. The largest absolute Gasteiger partial charge is 0.413 e. The number of pyridine rings is 2. The number of nitriles is 1. The van der Waals surface area contributed by atoms with Crippen LogP contribution in [0.25, 0.3) is 10.9 Å². The molecule has 1 aliphatic heterocycles. The molecule has 0 bridgehead atoms. The van der Waals surface area contributed by atoms with Gasteiger partial charge in [0.1, 0.15) is 6.07 Å².